The Bertz CT molecular complexity index is 215. The SMILES string of the molecule is CC(C)C(O)CNS(=O)(=O)CBr. The maximum atomic E-state index is 10.9. The maximum absolute atomic E-state index is 10.9. The average Bonchev–Trinajstić information content (AvgIpc) is 2.00. The van der Waals surface area contributed by atoms with Crippen LogP contribution in [-0.2, 0) is 10.0 Å². The van der Waals surface area contributed by atoms with E-state index < -0.39 is 16.1 Å². The fourth-order valence-electron chi connectivity index (χ4n) is 0.487. The van der Waals surface area contributed by atoms with Gasteiger partial charge in [0.05, 0.1) is 6.10 Å². The molecule has 0 bridgehead atoms. The monoisotopic (exact) mass is 259 g/mol. The first kappa shape index (κ1) is 12.3. The molecule has 0 saturated carbocycles. The van der Waals surface area contributed by atoms with E-state index in [1.807, 2.05) is 13.8 Å². The van der Waals surface area contributed by atoms with Crippen molar-refractivity contribution in [2.75, 3.05) is 11.2 Å². The van der Waals surface area contributed by atoms with E-state index in [1.54, 1.807) is 0 Å². The fourth-order valence-corrected chi connectivity index (χ4v) is 1.47. The number of halogens is 1. The van der Waals surface area contributed by atoms with Crippen molar-refractivity contribution in [1.29, 1.82) is 0 Å². The first-order chi connectivity index (χ1) is 5.39. The van der Waals surface area contributed by atoms with E-state index in [9.17, 15) is 13.5 Å². The molecule has 0 aromatic rings. The smallest absolute Gasteiger partial charge is 0.221 e. The van der Waals surface area contributed by atoms with Gasteiger partial charge in [0, 0.05) is 6.54 Å². The quantitative estimate of drug-likeness (QED) is 0.697. The lowest BCUT2D eigenvalue weighted by atomic mass is 10.1. The van der Waals surface area contributed by atoms with Gasteiger partial charge in [0.1, 0.15) is 4.66 Å². The minimum atomic E-state index is -3.24. The van der Waals surface area contributed by atoms with Crippen LogP contribution in [0.2, 0.25) is 0 Å². The maximum Gasteiger partial charge on any atom is 0.221 e. The van der Waals surface area contributed by atoms with Crippen LogP contribution in [0.25, 0.3) is 0 Å². The van der Waals surface area contributed by atoms with Gasteiger partial charge in [0.2, 0.25) is 10.0 Å². The molecule has 0 radical (unpaired) electrons. The molecule has 12 heavy (non-hydrogen) atoms. The Balaban J connectivity index is 3.84. The number of aliphatic hydroxyl groups excluding tert-OH is 1. The van der Waals surface area contributed by atoms with Gasteiger partial charge < -0.3 is 5.11 Å². The van der Waals surface area contributed by atoms with Crippen LogP contribution in [0.4, 0.5) is 0 Å². The van der Waals surface area contributed by atoms with E-state index >= 15 is 0 Å². The molecular weight excluding hydrogens is 246 g/mol. The van der Waals surface area contributed by atoms with Gasteiger partial charge in [-0.3, -0.25) is 0 Å². The number of aliphatic hydroxyl groups is 1. The van der Waals surface area contributed by atoms with Crippen molar-refractivity contribution in [1.82, 2.24) is 4.72 Å². The Morgan fingerprint density at radius 2 is 2.00 bits per heavy atom. The second kappa shape index (κ2) is 5.16. The van der Waals surface area contributed by atoms with Crippen molar-refractivity contribution in [2.24, 2.45) is 5.92 Å². The minimum Gasteiger partial charge on any atom is -0.391 e. The summed E-state index contributed by atoms with van der Waals surface area (Å²) < 4.78 is 23.8. The van der Waals surface area contributed by atoms with E-state index in [1.165, 1.54) is 0 Å². The second-order valence-corrected chi connectivity index (χ2v) is 5.99. The fraction of sp³-hybridized carbons (Fsp3) is 1.00. The molecule has 0 aromatic heterocycles. The molecule has 74 valence electrons. The van der Waals surface area contributed by atoms with Crippen LogP contribution in [0, 0.1) is 5.92 Å². The van der Waals surface area contributed by atoms with Gasteiger partial charge in [0.15, 0.2) is 0 Å². The highest BCUT2D eigenvalue weighted by atomic mass is 79.9. The summed E-state index contributed by atoms with van der Waals surface area (Å²) in [6, 6.07) is 0. The molecule has 0 fully saturated rings. The summed E-state index contributed by atoms with van der Waals surface area (Å²) in [6.45, 7) is 3.73. The Morgan fingerprint density at radius 1 is 1.50 bits per heavy atom. The molecule has 0 spiro atoms. The molecule has 0 rings (SSSR count). The zero-order valence-electron chi connectivity index (χ0n) is 7.12. The highest BCUT2D eigenvalue weighted by molar-refractivity contribution is 9.10. The highest BCUT2D eigenvalue weighted by Crippen LogP contribution is 2.00. The summed E-state index contributed by atoms with van der Waals surface area (Å²) in [7, 11) is -3.24. The normalized spacial score (nSPS) is 15.1. The Morgan fingerprint density at radius 3 is 2.33 bits per heavy atom. The third-order valence-electron chi connectivity index (χ3n) is 1.43. The largest absolute Gasteiger partial charge is 0.391 e. The third kappa shape index (κ3) is 5.08. The van der Waals surface area contributed by atoms with Crippen molar-refractivity contribution >= 4 is 26.0 Å². The second-order valence-electron chi connectivity index (χ2n) is 2.88. The van der Waals surface area contributed by atoms with Crippen LogP contribution in [-0.4, -0.2) is 30.8 Å². The summed E-state index contributed by atoms with van der Waals surface area (Å²) in [5, 5.41) is 9.24. The van der Waals surface area contributed by atoms with Crippen LogP contribution in [0.15, 0.2) is 0 Å². The molecule has 1 atom stereocenters. The molecule has 0 saturated heterocycles. The Hall–Kier alpha value is 0.350. The van der Waals surface area contributed by atoms with Crippen LogP contribution in [0.3, 0.4) is 0 Å². The molecule has 6 heteroatoms. The molecule has 0 aromatic carbocycles. The molecular formula is C6H14BrNO3S. The van der Waals surface area contributed by atoms with E-state index in [2.05, 4.69) is 20.7 Å². The van der Waals surface area contributed by atoms with Crippen LogP contribution < -0.4 is 4.72 Å². The molecule has 1 unspecified atom stereocenters. The summed E-state index contributed by atoms with van der Waals surface area (Å²) >= 11 is 2.83. The van der Waals surface area contributed by atoms with Gasteiger partial charge in [-0.15, -0.1) is 0 Å². The summed E-state index contributed by atoms with van der Waals surface area (Å²) in [6.07, 6.45) is -0.626. The molecule has 2 N–H and O–H groups in total. The van der Waals surface area contributed by atoms with Crippen molar-refractivity contribution in [3.8, 4) is 0 Å². The standard InChI is InChI=1S/C6H14BrNO3S/c1-5(2)6(9)3-8-12(10,11)4-7/h5-6,8-9H,3-4H2,1-2H3. The van der Waals surface area contributed by atoms with Gasteiger partial charge in [-0.25, -0.2) is 13.1 Å². The summed E-state index contributed by atoms with van der Waals surface area (Å²) in [4.78, 5) is 0. The highest BCUT2D eigenvalue weighted by Gasteiger charge is 2.13. The van der Waals surface area contributed by atoms with Gasteiger partial charge in [0.25, 0.3) is 0 Å². The van der Waals surface area contributed by atoms with Crippen molar-refractivity contribution in [3.63, 3.8) is 0 Å². The predicted molar refractivity (Wildman–Crippen MR) is 51.6 cm³/mol. The topological polar surface area (TPSA) is 66.4 Å². The van der Waals surface area contributed by atoms with Crippen LogP contribution in [0.5, 0.6) is 0 Å². The zero-order valence-corrected chi connectivity index (χ0v) is 9.52. The van der Waals surface area contributed by atoms with Crippen LogP contribution in [0.1, 0.15) is 13.8 Å². The summed E-state index contributed by atoms with van der Waals surface area (Å²) in [5.74, 6) is 0.0584. The lowest BCUT2D eigenvalue weighted by Gasteiger charge is -2.14. The van der Waals surface area contributed by atoms with Crippen LogP contribution >= 0.6 is 15.9 Å². The van der Waals surface area contributed by atoms with E-state index in [0.29, 0.717) is 0 Å². The Labute approximate surface area is 81.5 Å². The van der Waals surface area contributed by atoms with Gasteiger partial charge >= 0.3 is 0 Å². The lowest BCUT2D eigenvalue weighted by molar-refractivity contribution is 0.129. The Kier molecular flexibility index (Phi) is 5.31. The number of hydrogen-bond acceptors (Lipinski definition) is 3. The van der Waals surface area contributed by atoms with Gasteiger partial charge in [-0.05, 0) is 5.92 Å². The van der Waals surface area contributed by atoms with Gasteiger partial charge in [-0.1, -0.05) is 29.8 Å². The minimum absolute atomic E-state index is 0.0584. The van der Waals surface area contributed by atoms with Gasteiger partial charge in [-0.2, -0.15) is 0 Å². The number of hydrogen-bond donors (Lipinski definition) is 2. The third-order valence-corrected chi connectivity index (χ3v) is 4.13. The summed E-state index contributed by atoms with van der Waals surface area (Å²) in [5.41, 5.74) is 0. The first-order valence-electron chi connectivity index (χ1n) is 3.60. The van der Waals surface area contributed by atoms with Crippen molar-refractivity contribution in [3.05, 3.63) is 0 Å². The van der Waals surface area contributed by atoms with E-state index in [0.717, 1.165) is 0 Å². The molecule has 0 aliphatic heterocycles. The van der Waals surface area contributed by atoms with E-state index in [4.69, 9.17) is 0 Å². The number of alkyl halides is 1. The molecule has 0 amide bonds. The van der Waals surface area contributed by atoms with E-state index in [-0.39, 0.29) is 17.1 Å². The predicted octanol–water partition coefficient (Wildman–Crippen LogP) is 0.275. The molecule has 0 aliphatic carbocycles. The number of nitrogens with one attached hydrogen (secondary N) is 1. The lowest BCUT2D eigenvalue weighted by Crippen LogP contribution is -2.35. The molecule has 0 aliphatic rings. The van der Waals surface area contributed by atoms with Crippen molar-refractivity contribution in [2.45, 2.75) is 20.0 Å². The van der Waals surface area contributed by atoms with Crippen molar-refractivity contribution < 1.29 is 13.5 Å². The average molecular weight is 260 g/mol. The molecule has 0 heterocycles. The molecule has 4 nitrogen and oxygen atoms in total. The number of sulfonamides is 1. The zero-order chi connectivity index (χ0) is 9.78. The number of rotatable bonds is 5. The first-order valence-corrected chi connectivity index (χ1v) is 6.38.